The van der Waals surface area contributed by atoms with E-state index in [9.17, 15) is 14.9 Å². The van der Waals surface area contributed by atoms with E-state index in [-0.39, 0.29) is 17.0 Å². The van der Waals surface area contributed by atoms with Crippen LogP contribution < -0.4 is 4.90 Å². The number of thiazole rings is 1. The first-order chi connectivity index (χ1) is 8.63. The van der Waals surface area contributed by atoms with Crippen LogP contribution in [0.4, 0.5) is 10.1 Å². The van der Waals surface area contributed by atoms with E-state index in [0.717, 1.165) is 17.8 Å². The monoisotopic (exact) mass is 271 g/mol. The Morgan fingerprint density at radius 2 is 2.56 bits per heavy atom. The van der Waals surface area contributed by atoms with Crippen molar-refractivity contribution < 1.29 is 14.5 Å². The Morgan fingerprint density at radius 3 is 3.17 bits per heavy atom. The number of nitro groups is 1. The van der Waals surface area contributed by atoms with Gasteiger partial charge in [0.2, 0.25) is 0 Å². The summed E-state index contributed by atoms with van der Waals surface area (Å²) in [6.07, 6.45) is 2.78. The number of nitrogens with zero attached hydrogens (tertiary/aromatic N) is 3. The molecule has 1 atom stereocenters. The molecule has 2 heterocycles. The smallest absolute Gasteiger partial charge is 0.345 e. The second-order valence-electron chi connectivity index (χ2n) is 3.84. The van der Waals surface area contributed by atoms with Gasteiger partial charge in [-0.2, -0.15) is 0 Å². The Kier molecular flexibility index (Phi) is 3.75. The highest BCUT2D eigenvalue weighted by atomic mass is 32.1. The van der Waals surface area contributed by atoms with Gasteiger partial charge in [-0.15, -0.1) is 0 Å². The molecule has 0 bridgehead atoms. The molecule has 98 valence electrons. The first-order valence-corrected chi connectivity index (χ1v) is 6.48. The van der Waals surface area contributed by atoms with Crippen molar-refractivity contribution in [1.82, 2.24) is 4.98 Å². The fourth-order valence-electron chi connectivity index (χ4n) is 1.95. The van der Waals surface area contributed by atoms with Crippen LogP contribution in [0.3, 0.4) is 0 Å². The number of esters is 1. The summed E-state index contributed by atoms with van der Waals surface area (Å²) in [6, 6.07) is -0.365. The van der Waals surface area contributed by atoms with E-state index >= 15 is 0 Å². The topological polar surface area (TPSA) is 85.6 Å². The molecule has 1 unspecified atom stereocenters. The van der Waals surface area contributed by atoms with Crippen molar-refractivity contribution in [1.29, 1.82) is 0 Å². The van der Waals surface area contributed by atoms with Crippen LogP contribution in [0.25, 0.3) is 0 Å². The minimum Gasteiger partial charge on any atom is -0.464 e. The van der Waals surface area contributed by atoms with E-state index in [1.165, 1.54) is 6.20 Å². The van der Waals surface area contributed by atoms with E-state index in [1.807, 2.05) is 0 Å². The van der Waals surface area contributed by atoms with Gasteiger partial charge in [-0.05, 0) is 31.1 Å². The molecule has 2 rings (SSSR count). The molecule has 1 aromatic rings. The highest BCUT2D eigenvalue weighted by Crippen LogP contribution is 2.33. The van der Waals surface area contributed by atoms with E-state index < -0.39 is 4.92 Å². The number of rotatable bonds is 4. The van der Waals surface area contributed by atoms with Gasteiger partial charge in [0.1, 0.15) is 12.2 Å². The Hall–Kier alpha value is -1.70. The van der Waals surface area contributed by atoms with Crippen LogP contribution in [0.5, 0.6) is 0 Å². The van der Waals surface area contributed by atoms with Crippen molar-refractivity contribution in [2.24, 2.45) is 0 Å². The second kappa shape index (κ2) is 5.30. The summed E-state index contributed by atoms with van der Waals surface area (Å²) in [6.45, 7) is 2.76. The molecular formula is C10H13N3O4S. The molecule has 18 heavy (non-hydrogen) atoms. The maximum Gasteiger partial charge on any atom is 0.345 e. The molecule has 0 aliphatic carbocycles. The number of aromatic nitrogens is 1. The number of anilines is 1. The molecule has 0 saturated carbocycles. The molecule has 0 spiro atoms. The minimum absolute atomic E-state index is 0.0143. The zero-order chi connectivity index (χ0) is 13.1. The molecule has 0 N–H and O–H groups in total. The zero-order valence-corrected chi connectivity index (χ0v) is 10.7. The molecule has 0 radical (unpaired) electrons. The van der Waals surface area contributed by atoms with Gasteiger partial charge in [-0.25, -0.2) is 9.78 Å². The molecule has 8 heteroatoms. The van der Waals surface area contributed by atoms with Crippen molar-refractivity contribution >= 4 is 27.4 Å². The first-order valence-electron chi connectivity index (χ1n) is 5.67. The summed E-state index contributed by atoms with van der Waals surface area (Å²) in [5, 5.41) is 11.1. The lowest BCUT2D eigenvalue weighted by molar-refractivity contribution is -0.380. The van der Waals surface area contributed by atoms with E-state index in [2.05, 4.69) is 4.98 Å². The zero-order valence-electron chi connectivity index (χ0n) is 9.87. The SMILES string of the molecule is CCOC(=O)C1CCCN1c1ncc([N+](=O)[O-])s1. The predicted molar refractivity (Wildman–Crippen MR) is 65.8 cm³/mol. The minimum atomic E-state index is -0.476. The van der Waals surface area contributed by atoms with Gasteiger partial charge in [0.15, 0.2) is 5.13 Å². The van der Waals surface area contributed by atoms with E-state index in [4.69, 9.17) is 4.74 Å². The largest absolute Gasteiger partial charge is 0.464 e. The van der Waals surface area contributed by atoms with E-state index in [1.54, 1.807) is 11.8 Å². The summed E-state index contributed by atoms with van der Waals surface area (Å²) >= 11 is 0.985. The van der Waals surface area contributed by atoms with Gasteiger partial charge < -0.3 is 9.64 Å². The van der Waals surface area contributed by atoms with Crippen LogP contribution >= 0.6 is 11.3 Å². The summed E-state index contributed by atoms with van der Waals surface area (Å²) in [4.78, 5) is 27.7. The fraction of sp³-hybridized carbons (Fsp3) is 0.600. The van der Waals surface area contributed by atoms with Crippen LogP contribution in [-0.2, 0) is 9.53 Å². The van der Waals surface area contributed by atoms with Crippen LogP contribution in [0.15, 0.2) is 6.20 Å². The van der Waals surface area contributed by atoms with Crippen molar-refractivity contribution in [3.05, 3.63) is 16.3 Å². The average Bonchev–Trinajstić information content (AvgIpc) is 2.98. The van der Waals surface area contributed by atoms with Crippen molar-refractivity contribution in [2.45, 2.75) is 25.8 Å². The highest BCUT2D eigenvalue weighted by Gasteiger charge is 2.34. The first kappa shape index (κ1) is 12.7. The average molecular weight is 271 g/mol. The lowest BCUT2D eigenvalue weighted by atomic mass is 10.2. The van der Waals surface area contributed by atoms with Gasteiger partial charge in [0, 0.05) is 6.54 Å². The Morgan fingerprint density at radius 1 is 1.78 bits per heavy atom. The quantitative estimate of drug-likeness (QED) is 0.469. The molecule has 1 aliphatic rings. The van der Waals surface area contributed by atoms with Crippen molar-refractivity contribution in [3.8, 4) is 0 Å². The normalized spacial score (nSPS) is 18.9. The molecule has 1 saturated heterocycles. The summed E-state index contributed by atoms with van der Waals surface area (Å²) in [7, 11) is 0. The predicted octanol–water partition coefficient (Wildman–Crippen LogP) is 1.58. The molecule has 1 fully saturated rings. The lowest BCUT2D eigenvalue weighted by Gasteiger charge is -2.21. The summed E-state index contributed by atoms with van der Waals surface area (Å²) < 4.78 is 4.99. The number of carbonyl (C=O) groups is 1. The Bertz CT molecular complexity index is 462. The molecular weight excluding hydrogens is 258 g/mol. The Labute approximate surface area is 108 Å². The summed E-state index contributed by atoms with van der Waals surface area (Å²) in [5.41, 5.74) is 0. The number of carbonyl (C=O) groups excluding carboxylic acids is 1. The maximum absolute atomic E-state index is 11.7. The van der Waals surface area contributed by atoms with Crippen LogP contribution in [-0.4, -0.2) is 35.1 Å². The Balaban J connectivity index is 2.15. The lowest BCUT2D eigenvalue weighted by Crippen LogP contribution is -2.37. The van der Waals surface area contributed by atoms with Crippen LogP contribution in [0.2, 0.25) is 0 Å². The number of hydrogen-bond donors (Lipinski definition) is 0. The molecule has 1 aromatic heterocycles. The standard InChI is InChI=1S/C10H13N3O4S/c1-2-17-9(14)7-4-3-5-12(7)10-11-6-8(18-10)13(15)16/h6-7H,2-5H2,1H3. The highest BCUT2D eigenvalue weighted by molar-refractivity contribution is 7.18. The van der Waals surface area contributed by atoms with Crippen LogP contribution in [0.1, 0.15) is 19.8 Å². The third-order valence-electron chi connectivity index (χ3n) is 2.72. The van der Waals surface area contributed by atoms with Crippen LogP contribution in [0, 0.1) is 10.1 Å². The van der Waals surface area contributed by atoms with Gasteiger partial charge >= 0.3 is 11.0 Å². The van der Waals surface area contributed by atoms with Gasteiger partial charge in [-0.1, -0.05) is 0 Å². The third-order valence-corrected chi connectivity index (χ3v) is 3.70. The molecule has 0 aromatic carbocycles. The third kappa shape index (κ3) is 2.42. The van der Waals surface area contributed by atoms with Gasteiger partial charge in [-0.3, -0.25) is 10.1 Å². The number of ether oxygens (including phenoxy) is 1. The summed E-state index contributed by atoms with van der Waals surface area (Å²) in [5.74, 6) is -0.284. The number of hydrogen-bond acceptors (Lipinski definition) is 7. The maximum atomic E-state index is 11.7. The molecule has 1 aliphatic heterocycles. The van der Waals surface area contributed by atoms with Gasteiger partial charge in [0.05, 0.1) is 11.5 Å². The van der Waals surface area contributed by atoms with Crippen molar-refractivity contribution in [2.75, 3.05) is 18.1 Å². The molecule has 0 amide bonds. The van der Waals surface area contributed by atoms with Crippen molar-refractivity contribution in [3.63, 3.8) is 0 Å². The second-order valence-corrected chi connectivity index (χ2v) is 4.83. The fourth-order valence-corrected chi connectivity index (χ4v) is 2.76. The van der Waals surface area contributed by atoms with Gasteiger partial charge in [0.25, 0.3) is 0 Å². The molecule has 7 nitrogen and oxygen atoms in total. The van der Waals surface area contributed by atoms with E-state index in [0.29, 0.717) is 24.7 Å².